The van der Waals surface area contributed by atoms with Crippen LogP contribution >= 0.6 is 0 Å². The van der Waals surface area contributed by atoms with Crippen LogP contribution in [-0.2, 0) is 0 Å². The number of unbranched alkanes of at least 4 members (excludes halogenated alkanes) is 1. The minimum atomic E-state index is 0. The van der Waals surface area contributed by atoms with Crippen LogP contribution in [0.2, 0.25) is 0 Å². The summed E-state index contributed by atoms with van der Waals surface area (Å²) in [6.45, 7) is 7.90. The Hall–Kier alpha value is -0.144. The predicted molar refractivity (Wildman–Crippen MR) is 56.9 cm³/mol. The Kier molecular flexibility index (Phi) is 13.0. The fraction of sp³-hybridized carbons (Fsp3) is 0.273. The quantitative estimate of drug-likeness (QED) is 0.451. The average Bonchev–Trinajstić information content (AvgIpc) is 2.07. The van der Waals surface area contributed by atoms with Gasteiger partial charge in [0.25, 0.3) is 0 Å². The largest absolute Gasteiger partial charge is 2.00 e. The maximum atomic E-state index is 3.72. The fourth-order valence-corrected chi connectivity index (χ4v) is 0.478. The van der Waals surface area contributed by atoms with Gasteiger partial charge in [-0.3, -0.25) is 0 Å². The summed E-state index contributed by atoms with van der Waals surface area (Å²) in [4.78, 5) is 0. The molecule has 0 aliphatic heterocycles. The molecule has 0 unspecified atom stereocenters. The van der Waals surface area contributed by atoms with Crippen molar-refractivity contribution >= 4 is 23.1 Å². The van der Waals surface area contributed by atoms with E-state index in [9.17, 15) is 0 Å². The molecule has 0 saturated carbocycles. The van der Waals surface area contributed by atoms with E-state index in [-0.39, 0.29) is 23.1 Å². The first-order valence-corrected chi connectivity index (χ1v) is 3.96. The molecule has 62 valence electrons. The SMILES string of the molecule is C[CH-]CC.[CH2-]c1ccccc1.[Mg+2]. The Morgan fingerprint density at radius 1 is 1.25 bits per heavy atom. The second-order valence-corrected chi connectivity index (χ2v) is 2.30. The van der Waals surface area contributed by atoms with E-state index in [1.807, 2.05) is 30.3 Å². The molecule has 0 amide bonds. The van der Waals surface area contributed by atoms with Crippen molar-refractivity contribution in [1.82, 2.24) is 0 Å². The molecule has 0 N–H and O–H groups in total. The predicted octanol–water partition coefficient (Wildman–Crippen LogP) is 3.11. The standard InChI is InChI=1S/C7H7.C4H9.Mg/c1-7-5-3-2-4-6-7;1-3-4-2;/h2-6H,1H2;3H,4H2,1-2H3;/q2*-1;+2. The Labute approximate surface area is 92.5 Å². The van der Waals surface area contributed by atoms with Crippen molar-refractivity contribution in [2.75, 3.05) is 0 Å². The van der Waals surface area contributed by atoms with Gasteiger partial charge in [-0.2, -0.15) is 38.0 Å². The van der Waals surface area contributed by atoms with Gasteiger partial charge in [-0.05, 0) is 0 Å². The van der Waals surface area contributed by atoms with Gasteiger partial charge in [0.1, 0.15) is 0 Å². The maximum Gasteiger partial charge on any atom is 2.00 e. The van der Waals surface area contributed by atoms with E-state index in [1.165, 1.54) is 6.42 Å². The Morgan fingerprint density at radius 3 is 1.83 bits per heavy atom. The van der Waals surface area contributed by atoms with Gasteiger partial charge in [-0.15, -0.1) is 12.1 Å². The van der Waals surface area contributed by atoms with Crippen LogP contribution < -0.4 is 0 Å². The van der Waals surface area contributed by atoms with E-state index < -0.39 is 0 Å². The molecule has 0 radical (unpaired) electrons. The first-order chi connectivity index (χ1) is 5.31. The Balaban J connectivity index is 0. The second kappa shape index (κ2) is 10.9. The van der Waals surface area contributed by atoms with Crippen LogP contribution in [0.5, 0.6) is 0 Å². The molecule has 0 aliphatic carbocycles. The Morgan fingerprint density at radius 2 is 1.67 bits per heavy atom. The van der Waals surface area contributed by atoms with Crippen molar-refractivity contribution in [3.8, 4) is 0 Å². The summed E-state index contributed by atoms with van der Waals surface area (Å²) in [5.41, 5.74) is 1.07. The van der Waals surface area contributed by atoms with Crippen LogP contribution in [0.4, 0.5) is 0 Å². The summed E-state index contributed by atoms with van der Waals surface area (Å²) in [6, 6.07) is 9.87. The third-order valence-electron chi connectivity index (χ3n) is 1.25. The number of hydrogen-bond donors (Lipinski definition) is 0. The zero-order valence-electron chi connectivity index (χ0n) is 8.09. The van der Waals surface area contributed by atoms with Gasteiger partial charge in [0.15, 0.2) is 0 Å². The molecule has 0 fully saturated rings. The molecule has 0 atom stereocenters. The van der Waals surface area contributed by atoms with E-state index in [1.54, 1.807) is 0 Å². The second-order valence-electron chi connectivity index (χ2n) is 2.30. The topological polar surface area (TPSA) is 0 Å². The number of rotatable bonds is 1. The molecule has 1 aromatic carbocycles. The molecule has 1 rings (SSSR count). The van der Waals surface area contributed by atoms with Crippen molar-refractivity contribution in [2.24, 2.45) is 0 Å². The van der Waals surface area contributed by atoms with Gasteiger partial charge in [0, 0.05) is 0 Å². The minimum absolute atomic E-state index is 0. The molecule has 0 aliphatic rings. The van der Waals surface area contributed by atoms with Gasteiger partial charge in [-0.25, -0.2) is 0 Å². The molecule has 0 bridgehead atoms. The van der Waals surface area contributed by atoms with E-state index in [4.69, 9.17) is 0 Å². The van der Waals surface area contributed by atoms with Crippen LogP contribution in [0.25, 0.3) is 0 Å². The van der Waals surface area contributed by atoms with Crippen molar-refractivity contribution in [3.05, 3.63) is 49.2 Å². The van der Waals surface area contributed by atoms with Crippen LogP contribution in [0, 0.1) is 13.3 Å². The summed E-state index contributed by atoms with van der Waals surface area (Å²) >= 11 is 0. The summed E-state index contributed by atoms with van der Waals surface area (Å²) in [5.74, 6) is 0. The van der Waals surface area contributed by atoms with E-state index in [0.29, 0.717) is 0 Å². The summed E-state index contributed by atoms with van der Waals surface area (Å²) < 4.78 is 0. The van der Waals surface area contributed by atoms with Gasteiger partial charge < -0.3 is 6.42 Å². The van der Waals surface area contributed by atoms with E-state index >= 15 is 0 Å². The van der Waals surface area contributed by atoms with Gasteiger partial charge in [-0.1, -0.05) is 13.0 Å². The third kappa shape index (κ3) is 9.86. The average molecular weight is 173 g/mol. The number of hydrogen-bond acceptors (Lipinski definition) is 0. The first kappa shape index (κ1) is 14.4. The van der Waals surface area contributed by atoms with Gasteiger partial charge in [0.2, 0.25) is 0 Å². The van der Waals surface area contributed by atoms with Crippen LogP contribution in [-0.4, -0.2) is 23.1 Å². The number of benzene rings is 1. The van der Waals surface area contributed by atoms with Crippen LogP contribution in [0.3, 0.4) is 0 Å². The molecule has 0 nitrogen and oxygen atoms in total. The molecular weight excluding hydrogens is 156 g/mol. The third-order valence-corrected chi connectivity index (χ3v) is 1.25. The normalized spacial score (nSPS) is 7.50. The smallest absolute Gasteiger partial charge is 0.332 e. The molecule has 0 saturated heterocycles. The molecule has 0 spiro atoms. The van der Waals surface area contributed by atoms with E-state index in [0.717, 1.165) is 5.56 Å². The van der Waals surface area contributed by atoms with Crippen molar-refractivity contribution < 1.29 is 0 Å². The van der Waals surface area contributed by atoms with Gasteiger partial charge in [0.05, 0.1) is 0 Å². The Bertz CT molecular complexity index is 156. The molecule has 1 aromatic rings. The minimum Gasteiger partial charge on any atom is -0.332 e. The van der Waals surface area contributed by atoms with Crippen molar-refractivity contribution in [3.63, 3.8) is 0 Å². The zero-order chi connectivity index (χ0) is 8.53. The summed E-state index contributed by atoms with van der Waals surface area (Å²) in [5, 5.41) is 0. The van der Waals surface area contributed by atoms with Crippen molar-refractivity contribution in [2.45, 2.75) is 20.3 Å². The monoisotopic (exact) mass is 172 g/mol. The molecule has 0 heterocycles. The van der Waals surface area contributed by atoms with Crippen molar-refractivity contribution in [1.29, 1.82) is 0 Å². The molecule has 1 heteroatoms. The fourth-order valence-electron chi connectivity index (χ4n) is 0.478. The van der Waals surface area contributed by atoms with E-state index in [2.05, 4.69) is 27.2 Å². The van der Waals surface area contributed by atoms with Crippen LogP contribution in [0.15, 0.2) is 30.3 Å². The molecular formula is C11H16Mg. The summed E-state index contributed by atoms with van der Waals surface area (Å²) in [6.07, 6.45) is 3.32. The van der Waals surface area contributed by atoms with Crippen LogP contribution in [0.1, 0.15) is 25.8 Å². The maximum absolute atomic E-state index is 3.72. The van der Waals surface area contributed by atoms with Gasteiger partial charge >= 0.3 is 23.1 Å². The zero-order valence-corrected chi connectivity index (χ0v) is 9.50. The summed E-state index contributed by atoms with van der Waals surface area (Å²) in [7, 11) is 0. The molecule has 0 aromatic heterocycles. The first-order valence-electron chi connectivity index (χ1n) is 3.96. The molecule has 12 heavy (non-hydrogen) atoms.